The van der Waals surface area contributed by atoms with Crippen LogP contribution in [0.5, 0.6) is 0 Å². The van der Waals surface area contributed by atoms with Crippen LogP contribution in [0.3, 0.4) is 0 Å². The van der Waals surface area contributed by atoms with Crippen LogP contribution in [0, 0.1) is 0 Å². The third-order valence-electron chi connectivity index (χ3n) is 6.12. The van der Waals surface area contributed by atoms with Crippen molar-refractivity contribution in [2.24, 2.45) is 0 Å². The van der Waals surface area contributed by atoms with Crippen molar-refractivity contribution in [1.82, 2.24) is 10.2 Å². The van der Waals surface area contributed by atoms with Crippen molar-refractivity contribution in [3.63, 3.8) is 0 Å². The highest BCUT2D eigenvalue weighted by molar-refractivity contribution is 7.12. The molecule has 4 atom stereocenters. The Bertz CT molecular complexity index is 935. The molecule has 3 heterocycles. The number of ether oxygens (including phenoxy) is 1. The largest absolute Gasteiger partial charge is 0.416 e. The zero-order valence-electron chi connectivity index (χ0n) is 17.7. The second-order valence-electron chi connectivity index (χ2n) is 8.14. The quantitative estimate of drug-likeness (QED) is 0.579. The van der Waals surface area contributed by atoms with Gasteiger partial charge in [-0.3, -0.25) is 9.69 Å². The van der Waals surface area contributed by atoms with E-state index in [1.54, 1.807) is 23.6 Å². The maximum absolute atomic E-state index is 13.1. The number of aliphatic hydroxyl groups excluding tert-OH is 2. The first-order chi connectivity index (χ1) is 15.8. The van der Waals surface area contributed by atoms with Gasteiger partial charge in [0.15, 0.2) is 0 Å². The molecule has 0 radical (unpaired) electrons. The lowest BCUT2D eigenvalue weighted by atomic mass is 10.0. The van der Waals surface area contributed by atoms with E-state index in [2.05, 4.69) is 5.32 Å². The minimum atomic E-state index is -4.40. The summed E-state index contributed by atoms with van der Waals surface area (Å²) >= 11 is 1.32. The summed E-state index contributed by atoms with van der Waals surface area (Å²) in [6, 6.07) is 8.30. The van der Waals surface area contributed by atoms with Gasteiger partial charge in [-0.1, -0.05) is 12.1 Å². The minimum absolute atomic E-state index is 0.169. The van der Waals surface area contributed by atoms with E-state index in [0.29, 0.717) is 36.7 Å². The van der Waals surface area contributed by atoms with Crippen LogP contribution in [0.4, 0.5) is 18.9 Å². The monoisotopic (exact) mass is 485 g/mol. The molecule has 0 spiro atoms. The molecule has 2 fully saturated rings. The lowest BCUT2D eigenvalue weighted by Gasteiger charge is -2.41. The minimum Gasteiger partial charge on any atom is -0.394 e. The summed E-state index contributed by atoms with van der Waals surface area (Å²) in [4.78, 5) is 16.8. The highest BCUT2D eigenvalue weighted by Gasteiger charge is 2.46. The van der Waals surface area contributed by atoms with Gasteiger partial charge in [0.05, 0.1) is 29.2 Å². The number of piperazine rings is 1. The molecule has 0 saturated carbocycles. The van der Waals surface area contributed by atoms with Gasteiger partial charge < -0.3 is 25.2 Å². The van der Waals surface area contributed by atoms with Gasteiger partial charge in [-0.2, -0.15) is 13.2 Å². The molecule has 0 bridgehead atoms. The van der Waals surface area contributed by atoms with Gasteiger partial charge in [0.25, 0.3) is 5.91 Å². The molecule has 11 heteroatoms. The van der Waals surface area contributed by atoms with Crippen molar-refractivity contribution < 1.29 is 32.9 Å². The number of carbonyl (C=O) groups is 1. The molecule has 1 amide bonds. The van der Waals surface area contributed by atoms with Gasteiger partial charge in [-0.05, 0) is 29.6 Å². The van der Waals surface area contributed by atoms with Crippen molar-refractivity contribution in [3.05, 3.63) is 52.2 Å². The molecular formula is C22H26F3N3O4S. The van der Waals surface area contributed by atoms with E-state index in [9.17, 15) is 28.2 Å². The van der Waals surface area contributed by atoms with E-state index in [-0.39, 0.29) is 19.1 Å². The molecule has 2 aromatic rings. The zero-order valence-corrected chi connectivity index (χ0v) is 18.6. The van der Waals surface area contributed by atoms with E-state index in [1.807, 2.05) is 9.80 Å². The summed E-state index contributed by atoms with van der Waals surface area (Å²) in [6.45, 7) is 1.76. The number of thiophene rings is 1. The number of hydrogen-bond acceptors (Lipinski definition) is 7. The molecular weight excluding hydrogens is 459 g/mol. The van der Waals surface area contributed by atoms with Gasteiger partial charge in [0.1, 0.15) is 12.2 Å². The SMILES string of the molecule is O=C(NC[C@H]1O[C@@H](CO)[C@@H](O)[C@@H]1N1CCN(c2cccc(C(F)(F)F)c2)CC1)c1cccs1. The van der Waals surface area contributed by atoms with Crippen LogP contribution in [0.25, 0.3) is 0 Å². The van der Waals surface area contributed by atoms with Crippen molar-refractivity contribution in [3.8, 4) is 0 Å². The van der Waals surface area contributed by atoms with E-state index in [0.717, 1.165) is 12.1 Å². The van der Waals surface area contributed by atoms with Gasteiger partial charge >= 0.3 is 6.18 Å². The molecule has 2 aliphatic heterocycles. The molecule has 180 valence electrons. The fraction of sp³-hybridized carbons (Fsp3) is 0.500. The molecule has 1 aromatic heterocycles. The topological polar surface area (TPSA) is 85.3 Å². The highest BCUT2D eigenvalue weighted by atomic mass is 32.1. The lowest BCUT2D eigenvalue weighted by molar-refractivity contribution is -0.137. The van der Waals surface area contributed by atoms with Crippen molar-refractivity contribution in [2.45, 2.75) is 30.5 Å². The molecule has 2 saturated heterocycles. The molecule has 0 aliphatic carbocycles. The number of benzene rings is 1. The lowest BCUT2D eigenvalue weighted by Crippen LogP contribution is -2.57. The van der Waals surface area contributed by atoms with Crippen LogP contribution in [0.15, 0.2) is 41.8 Å². The first kappa shape index (κ1) is 24.0. The molecule has 0 unspecified atom stereocenters. The number of anilines is 1. The van der Waals surface area contributed by atoms with E-state index in [4.69, 9.17) is 4.74 Å². The maximum atomic E-state index is 13.1. The fourth-order valence-electron chi connectivity index (χ4n) is 4.44. The number of nitrogens with one attached hydrogen (secondary N) is 1. The first-order valence-corrected chi connectivity index (χ1v) is 11.6. The molecule has 4 rings (SSSR count). The van der Waals surface area contributed by atoms with Crippen LogP contribution in [-0.4, -0.2) is 84.7 Å². The number of rotatable bonds is 6. The van der Waals surface area contributed by atoms with Crippen molar-refractivity contribution >= 4 is 22.9 Å². The van der Waals surface area contributed by atoms with Gasteiger partial charge in [-0.15, -0.1) is 11.3 Å². The Hall–Kier alpha value is -2.18. The fourth-order valence-corrected chi connectivity index (χ4v) is 5.08. The number of hydrogen-bond donors (Lipinski definition) is 3. The Morgan fingerprint density at radius 1 is 1.15 bits per heavy atom. The summed E-state index contributed by atoms with van der Waals surface area (Å²) in [6.07, 6.45) is -6.64. The van der Waals surface area contributed by atoms with Crippen LogP contribution in [0.1, 0.15) is 15.2 Å². The van der Waals surface area contributed by atoms with Crippen LogP contribution in [0.2, 0.25) is 0 Å². The average molecular weight is 486 g/mol. The van der Waals surface area contributed by atoms with Crippen LogP contribution >= 0.6 is 11.3 Å². The Morgan fingerprint density at radius 2 is 1.91 bits per heavy atom. The van der Waals surface area contributed by atoms with Gasteiger partial charge in [-0.25, -0.2) is 0 Å². The van der Waals surface area contributed by atoms with E-state index >= 15 is 0 Å². The summed E-state index contributed by atoms with van der Waals surface area (Å²) in [7, 11) is 0. The summed E-state index contributed by atoms with van der Waals surface area (Å²) < 4.78 is 45.0. The highest BCUT2D eigenvalue weighted by Crippen LogP contribution is 2.32. The average Bonchev–Trinajstić information content (AvgIpc) is 3.45. The molecule has 33 heavy (non-hydrogen) atoms. The summed E-state index contributed by atoms with van der Waals surface area (Å²) in [5.74, 6) is -0.233. The van der Waals surface area contributed by atoms with Crippen molar-refractivity contribution in [2.75, 3.05) is 44.2 Å². The Labute approximate surface area is 193 Å². The molecule has 3 N–H and O–H groups in total. The smallest absolute Gasteiger partial charge is 0.394 e. The van der Waals surface area contributed by atoms with Crippen LogP contribution in [-0.2, 0) is 10.9 Å². The second-order valence-corrected chi connectivity index (χ2v) is 9.08. The number of alkyl halides is 3. The summed E-state index contributed by atoms with van der Waals surface area (Å²) in [5.41, 5.74) is -0.185. The number of carbonyl (C=O) groups excluding carboxylic acids is 1. The number of aliphatic hydroxyl groups is 2. The number of amides is 1. The normalized spacial score (nSPS) is 26.5. The number of nitrogens with zero attached hydrogens (tertiary/aromatic N) is 2. The predicted molar refractivity (Wildman–Crippen MR) is 117 cm³/mol. The van der Waals surface area contributed by atoms with Crippen LogP contribution < -0.4 is 10.2 Å². The predicted octanol–water partition coefficient (Wildman–Crippen LogP) is 1.81. The maximum Gasteiger partial charge on any atom is 0.416 e. The first-order valence-electron chi connectivity index (χ1n) is 10.7. The third-order valence-corrected chi connectivity index (χ3v) is 6.99. The standard InChI is InChI=1S/C22H26F3N3O4S/c23-22(24,25)14-3-1-4-15(11-14)27-6-8-28(9-7-27)19-16(32-17(13-29)20(19)30)12-26-21(31)18-5-2-10-33-18/h1-5,10-11,16-17,19-20,29-30H,6-9,12-13H2,(H,26,31)/t16-,17+,19-,20-/m1/s1. The van der Waals surface area contributed by atoms with E-state index < -0.39 is 36.1 Å². The third kappa shape index (κ3) is 5.33. The molecule has 2 aliphatic rings. The Balaban J connectivity index is 1.40. The number of halogens is 3. The Kier molecular flexibility index (Phi) is 7.25. The van der Waals surface area contributed by atoms with Gasteiger partial charge in [0, 0.05) is 38.4 Å². The second kappa shape index (κ2) is 9.98. The summed E-state index contributed by atoms with van der Waals surface area (Å²) in [5, 5.41) is 25.0. The van der Waals surface area contributed by atoms with Crippen molar-refractivity contribution in [1.29, 1.82) is 0 Å². The molecule has 7 nitrogen and oxygen atoms in total. The van der Waals surface area contributed by atoms with Gasteiger partial charge in [0.2, 0.25) is 0 Å². The molecule has 1 aromatic carbocycles. The van der Waals surface area contributed by atoms with E-state index in [1.165, 1.54) is 17.4 Å². The Morgan fingerprint density at radius 3 is 2.55 bits per heavy atom. The zero-order chi connectivity index (χ0) is 23.6.